The molecule has 2 aromatic carbocycles. The van der Waals surface area contributed by atoms with Crippen molar-refractivity contribution in [1.29, 1.82) is 5.26 Å². The summed E-state index contributed by atoms with van der Waals surface area (Å²) >= 11 is 0. The number of carbonyl (C=O) groups is 1. The summed E-state index contributed by atoms with van der Waals surface area (Å²) in [5, 5.41) is 12.3. The first-order valence-electron chi connectivity index (χ1n) is 9.94. The molecule has 1 fully saturated rings. The summed E-state index contributed by atoms with van der Waals surface area (Å²) in [6, 6.07) is 15.2. The Labute approximate surface area is 168 Å². The van der Waals surface area contributed by atoms with Crippen LogP contribution >= 0.6 is 0 Å². The molecule has 1 N–H and O–H groups in total. The highest BCUT2D eigenvalue weighted by Crippen LogP contribution is 2.26. The van der Waals surface area contributed by atoms with Gasteiger partial charge in [-0.2, -0.15) is 5.26 Å². The van der Waals surface area contributed by atoms with Crippen LogP contribution in [-0.4, -0.2) is 16.5 Å². The highest BCUT2D eigenvalue weighted by Gasteiger charge is 2.24. The standard InChI is InChI=1S/C23H23N3O3/c1-26-20-13-18(10-11-21(20)29-23(26)28)16-8-6-15(7-9-16)12-19(14-24)25-22(27)17-4-2-3-5-17/h6-11,13,17,19H,2-5,12H2,1H3,(H,25,27). The number of hydrogen-bond acceptors (Lipinski definition) is 4. The summed E-state index contributed by atoms with van der Waals surface area (Å²) in [6.45, 7) is 0. The molecule has 4 rings (SSSR count). The molecule has 6 nitrogen and oxygen atoms in total. The van der Waals surface area contributed by atoms with Gasteiger partial charge in [0.2, 0.25) is 5.91 Å². The maximum atomic E-state index is 12.3. The van der Waals surface area contributed by atoms with Crippen LogP contribution in [0.4, 0.5) is 0 Å². The molecule has 0 aliphatic heterocycles. The lowest BCUT2D eigenvalue weighted by Gasteiger charge is -2.15. The Hall–Kier alpha value is -3.33. The van der Waals surface area contributed by atoms with Crippen LogP contribution in [0, 0.1) is 17.2 Å². The minimum absolute atomic E-state index is 0.00435. The molecule has 1 amide bonds. The minimum Gasteiger partial charge on any atom is -0.408 e. The molecule has 3 aromatic rings. The van der Waals surface area contributed by atoms with Crippen LogP contribution in [-0.2, 0) is 18.3 Å². The van der Waals surface area contributed by atoms with E-state index in [2.05, 4.69) is 11.4 Å². The lowest BCUT2D eigenvalue weighted by Crippen LogP contribution is -2.38. The highest BCUT2D eigenvalue weighted by atomic mass is 16.4. The van der Waals surface area contributed by atoms with Gasteiger partial charge in [0.05, 0.1) is 11.6 Å². The first kappa shape index (κ1) is 19.0. The van der Waals surface area contributed by atoms with Crippen molar-refractivity contribution in [3.63, 3.8) is 0 Å². The van der Waals surface area contributed by atoms with Gasteiger partial charge in [-0.15, -0.1) is 0 Å². The number of aryl methyl sites for hydroxylation is 1. The number of amides is 1. The summed E-state index contributed by atoms with van der Waals surface area (Å²) in [5.41, 5.74) is 4.28. The van der Waals surface area contributed by atoms with Gasteiger partial charge in [-0.1, -0.05) is 43.2 Å². The molecule has 1 heterocycles. The van der Waals surface area contributed by atoms with Gasteiger partial charge >= 0.3 is 5.76 Å². The molecular formula is C23H23N3O3. The second-order valence-corrected chi connectivity index (χ2v) is 7.68. The van der Waals surface area contributed by atoms with E-state index in [4.69, 9.17) is 4.42 Å². The minimum atomic E-state index is -0.522. The van der Waals surface area contributed by atoms with Crippen molar-refractivity contribution in [2.24, 2.45) is 13.0 Å². The van der Waals surface area contributed by atoms with Crippen molar-refractivity contribution < 1.29 is 9.21 Å². The Balaban J connectivity index is 1.47. The van der Waals surface area contributed by atoms with E-state index in [0.29, 0.717) is 12.0 Å². The van der Waals surface area contributed by atoms with Gasteiger partial charge in [-0.25, -0.2) is 4.79 Å². The van der Waals surface area contributed by atoms with Crippen molar-refractivity contribution in [1.82, 2.24) is 9.88 Å². The Morgan fingerprint density at radius 3 is 2.59 bits per heavy atom. The van der Waals surface area contributed by atoms with E-state index >= 15 is 0 Å². The maximum Gasteiger partial charge on any atom is 0.419 e. The molecule has 6 heteroatoms. The third-order valence-corrected chi connectivity index (χ3v) is 5.72. The van der Waals surface area contributed by atoms with E-state index in [-0.39, 0.29) is 17.6 Å². The number of nitriles is 1. The van der Waals surface area contributed by atoms with Crippen LogP contribution in [0.15, 0.2) is 51.7 Å². The van der Waals surface area contributed by atoms with Crippen LogP contribution in [0.1, 0.15) is 31.2 Å². The summed E-state index contributed by atoms with van der Waals surface area (Å²) in [6.07, 6.45) is 4.51. The van der Waals surface area contributed by atoms with Crippen molar-refractivity contribution in [2.45, 2.75) is 38.1 Å². The Morgan fingerprint density at radius 2 is 1.90 bits per heavy atom. The van der Waals surface area contributed by atoms with Gasteiger partial charge in [0.15, 0.2) is 5.58 Å². The fraction of sp³-hybridized carbons (Fsp3) is 0.348. The summed E-state index contributed by atoms with van der Waals surface area (Å²) in [5.74, 6) is -0.318. The molecule has 1 aliphatic carbocycles. The quantitative estimate of drug-likeness (QED) is 0.723. The molecule has 0 bridgehead atoms. The van der Waals surface area contributed by atoms with Gasteiger partial charge < -0.3 is 9.73 Å². The largest absolute Gasteiger partial charge is 0.419 e. The van der Waals surface area contributed by atoms with E-state index in [1.165, 1.54) is 4.57 Å². The van der Waals surface area contributed by atoms with E-state index in [1.54, 1.807) is 13.1 Å². The van der Waals surface area contributed by atoms with Gasteiger partial charge in [-0.05, 0) is 41.7 Å². The van der Waals surface area contributed by atoms with E-state index in [9.17, 15) is 14.9 Å². The third-order valence-electron chi connectivity index (χ3n) is 5.72. The Kier molecular flexibility index (Phi) is 5.22. The number of rotatable bonds is 5. The van der Waals surface area contributed by atoms with Crippen LogP contribution in [0.3, 0.4) is 0 Å². The van der Waals surface area contributed by atoms with Crippen molar-refractivity contribution in [2.75, 3.05) is 0 Å². The van der Waals surface area contributed by atoms with Gasteiger partial charge in [0.1, 0.15) is 6.04 Å². The molecule has 29 heavy (non-hydrogen) atoms. The Morgan fingerprint density at radius 1 is 1.21 bits per heavy atom. The molecule has 1 aromatic heterocycles. The predicted molar refractivity (Wildman–Crippen MR) is 110 cm³/mol. The molecule has 0 radical (unpaired) electrons. The van der Waals surface area contributed by atoms with E-state index < -0.39 is 6.04 Å². The lowest BCUT2D eigenvalue weighted by atomic mass is 10.00. The SMILES string of the molecule is Cn1c(=O)oc2ccc(-c3ccc(CC(C#N)NC(=O)C4CCCC4)cc3)cc21. The molecule has 1 aliphatic rings. The molecule has 1 saturated carbocycles. The smallest absolute Gasteiger partial charge is 0.408 e. The first-order chi connectivity index (χ1) is 14.0. The molecule has 0 saturated heterocycles. The average Bonchev–Trinajstić information content (AvgIpc) is 3.37. The van der Waals surface area contributed by atoms with Crippen molar-refractivity contribution in [3.05, 3.63) is 58.6 Å². The molecule has 0 spiro atoms. The zero-order valence-electron chi connectivity index (χ0n) is 16.4. The van der Waals surface area contributed by atoms with Gasteiger partial charge in [0, 0.05) is 19.4 Å². The lowest BCUT2D eigenvalue weighted by molar-refractivity contribution is -0.125. The number of nitrogens with zero attached hydrogens (tertiary/aromatic N) is 2. The average molecular weight is 389 g/mol. The number of carbonyl (C=O) groups excluding carboxylic acids is 1. The first-order valence-corrected chi connectivity index (χ1v) is 9.94. The normalized spacial score (nSPS) is 15.3. The molecular weight excluding hydrogens is 366 g/mol. The second-order valence-electron chi connectivity index (χ2n) is 7.68. The number of aromatic nitrogens is 1. The maximum absolute atomic E-state index is 12.3. The van der Waals surface area contributed by atoms with Crippen LogP contribution in [0.5, 0.6) is 0 Å². The second kappa shape index (κ2) is 7.96. The van der Waals surface area contributed by atoms with Crippen LogP contribution in [0.25, 0.3) is 22.2 Å². The number of nitrogens with one attached hydrogen (secondary N) is 1. The Bertz CT molecular complexity index is 1130. The van der Waals surface area contributed by atoms with E-state index in [1.807, 2.05) is 36.4 Å². The van der Waals surface area contributed by atoms with Crippen LogP contribution in [0.2, 0.25) is 0 Å². The van der Waals surface area contributed by atoms with Gasteiger partial charge in [0.25, 0.3) is 0 Å². The number of fused-ring (bicyclic) bond motifs is 1. The van der Waals surface area contributed by atoms with Crippen LogP contribution < -0.4 is 11.1 Å². The number of oxazole rings is 1. The monoisotopic (exact) mass is 389 g/mol. The summed E-state index contributed by atoms with van der Waals surface area (Å²) in [4.78, 5) is 23.9. The third kappa shape index (κ3) is 3.95. The highest BCUT2D eigenvalue weighted by molar-refractivity contribution is 5.81. The molecule has 148 valence electrons. The van der Waals surface area contributed by atoms with Gasteiger partial charge in [-0.3, -0.25) is 9.36 Å². The zero-order valence-corrected chi connectivity index (χ0v) is 16.4. The van der Waals surface area contributed by atoms with E-state index in [0.717, 1.165) is 47.9 Å². The zero-order chi connectivity index (χ0) is 20.4. The summed E-state index contributed by atoms with van der Waals surface area (Å²) < 4.78 is 6.66. The molecule has 1 unspecified atom stereocenters. The van der Waals surface area contributed by atoms with Crippen molar-refractivity contribution in [3.8, 4) is 17.2 Å². The predicted octanol–water partition coefficient (Wildman–Crippen LogP) is 3.54. The number of hydrogen-bond donors (Lipinski definition) is 1. The number of benzene rings is 2. The summed E-state index contributed by atoms with van der Waals surface area (Å²) in [7, 11) is 1.68. The fourth-order valence-corrected chi connectivity index (χ4v) is 3.98. The van der Waals surface area contributed by atoms with Crippen molar-refractivity contribution >= 4 is 17.0 Å². The fourth-order valence-electron chi connectivity index (χ4n) is 3.98. The topological polar surface area (TPSA) is 88.0 Å². The molecule has 1 atom stereocenters.